The van der Waals surface area contributed by atoms with Gasteiger partial charge in [-0.2, -0.15) is 0 Å². The molecule has 122 valence electrons. The number of benzene rings is 2. The van der Waals surface area contributed by atoms with Crippen LogP contribution in [-0.4, -0.2) is 25.7 Å². The predicted octanol–water partition coefficient (Wildman–Crippen LogP) is 3.11. The van der Waals surface area contributed by atoms with Crippen molar-refractivity contribution >= 4 is 5.84 Å². The van der Waals surface area contributed by atoms with Crippen molar-refractivity contribution in [3.63, 3.8) is 0 Å². The number of hydrogen-bond donors (Lipinski definition) is 1. The largest absolute Gasteiger partial charge is 0.494 e. The minimum atomic E-state index is 0.319. The van der Waals surface area contributed by atoms with Gasteiger partial charge in [0.15, 0.2) is 12.4 Å². The lowest BCUT2D eigenvalue weighted by molar-refractivity contribution is 0.107. The van der Waals surface area contributed by atoms with Gasteiger partial charge in [-0.05, 0) is 43.7 Å². The van der Waals surface area contributed by atoms with Crippen molar-refractivity contribution in [2.75, 3.05) is 19.8 Å². The summed E-state index contributed by atoms with van der Waals surface area (Å²) in [6.45, 7) is 5.28. The van der Waals surface area contributed by atoms with Gasteiger partial charge in [0.1, 0.15) is 18.1 Å². The minimum Gasteiger partial charge on any atom is -0.494 e. The van der Waals surface area contributed by atoms with Crippen molar-refractivity contribution in [3.8, 4) is 11.5 Å². The first-order chi connectivity index (χ1) is 11.2. The lowest BCUT2D eigenvalue weighted by Crippen LogP contribution is -2.16. The molecule has 0 atom stereocenters. The summed E-state index contributed by atoms with van der Waals surface area (Å²) in [7, 11) is 0. The average molecular weight is 314 g/mol. The van der Waals surface area contributed by atoms with E-state index in [1.54, 1.807) is 0 Å². The molecule has 0 bridgehead atoms. The Balaban J connectivity index is 1.75. The molecule has 0 fully saturated rings. The normalized spacial score (nSPS) is 11.1. The average Bonchev–Trinajstić information content (AvgIpc) is 2.56. The van der Waals surface area contributed by atoms with Crippen molar-refractivity contribution in [2.24, 2.45) is 10.9 Å². The number of oxime groups is 1. The Kier molecular flexibility index (Phi) is 6.29. The first-order valence-electron chi connectivity index (χ1n) is 7.57. The van der Waals surface area contributed by atoms with E-state index in [9.17, 15) is 0 Å². The summed E-state index contributed by atoms with van der Waals surface area (Å²) >= 11 is 0. The number of ether oxygens (including phenoxy) is 2. The first kappa shape index (κ1) is 16.7. The van der Waals surface area contributed by atoms with Crippen LogP contribution in [0.3, 0.4) is 0 Å². The van der Waals surface area contributed by atoms with E-state index in [1.165, 1.54) is 0 Å². The maximum absolute atomic E-state index is 5.90. The second-order valence-corrected chi connectivity index (χ2v) is 4.88. The van der Waals surface area contributed by atoms with Gasteiger partial charge in [0.05, 0.1) is 6.61 Å². The maximum Gasteiger partial charge on any atom is 0.170 e. The molecule has 2 aromatic carbocycles. The summed E-state index contributed by atoms with van der Waals surface area (Å²) < 4.78 is 10.9. The summed E-state index contributed by atoms with van der Waals surface area (Å²) in [5.74, 6) is 1.95. The lowest BCUT2D eigenvalue weighted by atomic mass is 10.1. The van der Waals surface area contributed by atoms with Crippen LogP contribution in [-0.2, 0) is 4.84 Å². The van der Waals surface area contributed by atoms with E-state index in [1.807, 2.05) is 62.4 Å². The zero-order valence-corrected chi connectivity index (χ0v) is 13.5. The zero-order valence-electron chi connectivity index (χ0n) is 13.5. The zero-order chi connectivity index (χ0) is 16.5. The Hall–Kier alpha value is -2.69. The summed E-state index contributed by atoms with van der Waals surface area (Å²) in [4.78, 5) is 5.20. The van der Waals surface area contributed by atoms with E-state index in [4.69, 9.17) is 20.0 Å². The van der Waals surface area contributed by atoms with Gasteiger partial charge in [-0.1, -0.05) is 29.4 Å². The quantitative estimate of drug-likeness (QED) is 0.352. The van der Waals surface area contributed by atoms with E-state index < -0.39 is 0 Å². The van der Waals surface area contributed by atoms with Crippen LogP contribution < -0.4 is 15.2 Å². The van der Waals surface area contributed by atoms with Gasteiger partial charge in [0.25, 0.3) is 0 Å². The third-order valence-electron chi connectivity index (χ3n) is 3.16. The molecular weight excluding hydrogens is 292 g/mol. The Labute approximate surface area is 136 Å². The van der Waals surface area contributed by atoms with E-state index in [-0.39, 0.29) is 0 Å². The second-order valence-electron chi connectivity index (χ2n) is 4.88. The van der Waals surface area contributed by atoms with Gasteiger partial charge in [0, 0.05) is 5.56 Å². The molecular formula is C18H22N2O3. The summed E-state index contributed by atoms with van der Waals surface area (Å²) in [5, 5.41) is 3.92. The summed E-state index contributed by atoms with van der Waals surface area (Å²) in [5.41, 5.74) is 7.84. The number of aryl methyl sites for hydroxylation is 1. The van der Waals surface area contributed by atoms with Crippen LogP contribution >= 0.6 is 0 Å². The molecule has 2 rings (SSSR count). The Morgan fingerprint density at radius 2 is 1.61 bits per heavy atom. The highest BCUT2D eigenvalue weighted by Crippen LogP contribution is 2.17. The standard InChI is InChI=1S/C18H22N2O3/c1-3-21-15-8-10-16(11-9-15)22-12-13-23-20-18(19)17-7-5-4-6-14(17)2/h4-11H,3,12-13H2,1-2H3,(H2,19,20). The summed E-state index contributed by atoms with van der Waals surface area (Å²) in [6, 6.07) is 15.2. The van der Waals surface area contributed by atoms with E-state index >= 15 is 0 Å². The van der Waals surface area contributed by atoms with Gasteiger partial charge in [-0.15, -0.1) is 0 Å². The molecule has 0 saturated carbocycles. The maximum atomic E-state index is 5.90. The predicted molar refractivity (Wildman–Crippen MR) is 91.0 cm³/mol. The molecule has 0 saturated heterocycles. The molecule has 2 N–H and O–H groups in total. The Bertz CT molecular complexity index is 639. The highest BCUT2D eigenvalue weighted by molar-refractivity contribution is 5.98. The van der Waals surface area contributed by atoms with Crippen LogP contribution in [0.2, 0.25) is 0 Å². The fraction of sp³-hybridized carbons (Fsp3) is 0.278. The van der Waals surface area contributed by atoms with Gasteiger partial charge < -0.3 is 20.0 Å². The van der Waals surface area contributed by atoms with Crippen molar-refractivity contribution < 1.29 is 14.3 Å². The molecule has 0 aromatic heterocycles. The van der Waals surface area contributed by atoms with Crippen LogP contribution in [0.4, 0.5) is 0 Å². The molecule has 23 heavy (non-hydrogen) atoms. The number of rotatable bonds is 8. The number of nitrogens with zero attached hydrogens (tertiary/aromatic N) is 1. The number of amidine groups is 1. The van der Waals surface area contributed by atoms with Crippen molar-refractivity contribution in [1.29, 1.82) is 0 Å². The fourth-order valence-corrected chi connectivity index (χ4v) is 2.02. The number of hydrogen-bond acceptors (Lipinski definition) is 4. The van der Waals surface area contributed by atoms with Crippen molar-refractivity contribution in [2.45, 2.75) is 13.8 Å². The third kappa shape index (κ3) is 5.21. The smallest absolute Gasteiger partial charge is 0.170 e. The molecule has 0 heterocycles. The van der Waals surface area contributed by atoms with E-state index in [0.29, 0.717) is 25.7 Å². The molecule has 0 aliphatic heterocycles. The highest BCUT2D eigenvalue weighted by atomic mass is 16.6. The molecule has 0 radical (unpaired) electrons. The fourth-order valence-electron chi connectivity index (χ4n) is 2.02. The molecule has 5 nitrogen and oxygen atoms in total. The van der Waals surface area contributed by atoms with Crippen LogP contribution in [0.15, 0.2) is 53.7 Å². The molecule has 0 aliphatic rings. The highest BCUT2D eigenvalue weighted by Gasteiger charge is 2.02. The van der Waals surface area contributed by atoms with Crippen LogP contribution in [0.1, 0.15) is 18.1 Å². The van der Waals surface area contributed by atoms with Gasteiger partial charge in [-0.25, -0.2) is 0 Å². The van der Waals surface area contributed by atoms with E-state index in [2.05, 4.69) is 5.16 Å². The van der Waals surface area contributed by atoms with Crippen molar-refractivity contribution in [1.82, 2.24) is 0 Å². The topological polar surface area (TPSA) is 66.1 Å². The first-order valence-corrected chi connectivity index (χ1v) is 7.57. The SMILES string of the molecule is CCOc1ccc(OCCON=C(N)c2ccccc2C)cc1. The third-order valence-corrected chi connectivity index (χ3v) is 3.16. The van der Waals surface area contributed by atoms with Crippen LogP contribution in [0.25, 0.3) is 0 Å². The van der Waals surface area contributed by atoms with Gasteiger partial charge in [0.2, 0.25) is 0 Å². The monoisotopic (exact) mass is 314 g/mol. The van der Waals surface area contributed by atoms with Gasteiger partial charge in [-0.3, -0.25) is 0 Å². The number of nitrogens with two attached hydrogens (primary N) is 1. The van der Waals surface area contributed by atoms with Gasteiger partial charge >= 0.3 is 0 Å². The lowest BCUT2D eigenvalue weighted by Gasteiger charge is -2.08. The van der Waals surface area contributed by atoms with Crippen LogP contribution in [0.5, 0.6) is 11.5 Å². The van der Waals surface area contributed by atoms with E-state index in [0.717, 1.165) is 22.6 Å². The Morgan fingerprint density at radius 3 is 2.26 bits per heavy atom. The molecule has 0 amide bonds. The minimum absolute atomic E-state index is 0.319. The Morgan fingerprint density at radius 1 is 0.957 bits per heavy atom. The van der Waals surface area contributed by atoms with Crippen molar-refractivity contribution in [3.05, 3.63) is 59.7 Å². The molecule has 2 aromatic rings. The molecule has 0 unspecified atom stereocenters. The second kappa shape index (κ2) is 8.68. The molecule has 0 aliphatic carbocycles. The summed E-state index contributed by atoms with van der Waals surface area (Å²) in [6.07, 6.45) is 0. The van der Waals surface area contributed by atoms with Crippen LogP contribution in [0, 0.1) is 6.92 Å². The molecule has 5 heteroatoms. The molecule has 0 spiro atoms.